The largest absolute Gasteiger partial charge is 0.388 e. The summed E-state index contributed by atoms with van der Waals surface area (Å²) in [6, 6.07) is 3.83. The minimum atomic E-state index is -0.955. The summed E-state index contributed by atoms with van der Waals surface area (Å²) in [5, 5.41) is 9.61. The fraction of sp³-hybridized carbons (Fsp3) is 0.333. The van der Waals surface area contributed by atoms with Gasteiger partial charge in [-0.05, 0) is 25.3 Å². The van der Waals surface area contributed by atoms with Crippen molar-refractivity contribution >= 4 is 0 Å². The van der Waals surface area contributed by atoms with Gasteiger partial charge >= 0.3 is 0 Å². The zero-order chi connectivity index (χ0) is 11.3. The molecule has 1 aromatic rings. The van der Waals surface area contributed by atoms with Crippen LogP contribution in [0.3, 0.4) is 0 Å². The van der Waals surface area contributed by atoms with Crippen molar-refractivity contribution in [3.63, 3.8) is 0 Å². The molecule has 0 saturated heterocycles. The highest BCUT2D eigenvalue weighted by atomic mass is 19.2. The van der Waals surface area contributed by atoms with E-state index in [9.17, 15) is 13.9 Å². The molecule has 0 aliphatic heterocycles. The molecule has 0 aliphatic carbocycles. The summed E-state index contributed by atoms with van der Waals surface area (Å²) in [5.74, 6) is -1.88. The van der Waals surface area contributed by atoms with Crippen LogP contribution >= 0.6 is 0 Å². The van der Waals surface area contributed by atoms with Gasteiger partial charge in [-0.2, -0.15) is 0 Å². The zero-order valence-electron chi connectivity index (χ0n) is 8.42. The van der Waals surface area contributed by atoms with Gasteiger partial charge in [0.1, 0.15) is 0 Å². The highest BCUT2D eigenvalue weighted by Crippen LogP contribution is 2.23. The SMILES string of the molecule is C=CCCCC(O)c1cccc(F)c1F. The standard InChI is InChI=1S/C12H14F2O/c1-2-3-4-8-11(15)9-6-5-7-10(13)12(9)14/h2,5-7,11,15H,1,3-4,8H2. The fourth-order valence-corrected chi connectivity index (χ4v) is 1.39. The Morgan fingerprint density at radius 2 is 2.13 bits per heavy atom. The van der Waals surface area contributed by atoms with Crippen LogP contribution in [0.5, 0.6) is 0 Å². The average molecular weight is 212 g/mol. The van der Waals surface area contributed by atoms with E-state index in [1.54, 1.807) is 6.08 Å². The molecule has 1 atom stereocenters. The number of aliphatic hydroxyl groups excluding tert-OH is 1. The van der Waals surface area contributed by atoms with E-state index in [-0.39, 0.29) is 5.56 Å². The highest BCUT2D eigenvalue weighted by Gasteiger charge is 2.14. The van der Waals surface area contributed by atoms with E-state index in [1.165, 1.54) is 12.1 Å². The van der Waals surface area contributed by atoms with Crippen LogP contribution < -0.4 is 0 Å². The van der Waals surface area contributed by atoms with Crippen LogP contribution in [0.15, 0.2) is 30.9 Å². The molecule has 1 aromatic carbocycles. The second-order valence-corrected chi connectivity index (χ2v) is 3.38. The molecule has 0 fully saturated rings. The Morgan fingerprint density at radius 3 is 2.80 bits per heavy atom. The van der Waals surface area contributed by atoms with E-state index in [4.69, 9.17) is 0 Å². The summed E-state index contributed by atoms with van der Waals surface area (Å²) in [6.07, 6.45) is 2.66. The predicted octanol–water partition coefficient (Wildman–Crippen LogP) is 3.35. The van der Waals surface area contributed by atoms with E-state index in [2.05, 4.69) is 6.58 Å². The number of hydrogen-bond acceptors (Lipinski definition) is 1. The third kappa shape index (κ3) is 3.13. The van der Waals surface area contributed by atoms with Crippen LogP contribution in [0.25, 0.3) is 0 Å². The van der Waals surface area contributed by atoms with E-state index in [0.29, 0.717) is 12.8 Å². The molecule has 0 spiro atoms. The molecule has 0 bridgehead atoms. The quantitative estimate of drug-likeness (QED) is 0.586. The number of halogens is 2. The second-order valence-electron chi connectivity index (χ2n) is 3.38. The summed E-state index contributed by atoms with van der Waals surface area (Å²) < 4.78 is 26.0. The van der Waals surface area contributed by atoms with E-state index in [1.807, 2.05) is 0 Å². The first-order valence-corrected chi connectivity index (χ1v) is 4.89. The average Bonchev–Trinajstić information content (AvgIpc) is 2.22. The number of benzene rings is 1. The Labute approximate surface area is 88.1 Å². The van der Waals surface area contributed by atoms with Gasteiger partial charge < -0.3 is 5.11 Å². The first-order chi connectivity index (χ1) is 7.16. The Bertz CT molecular complexity index is 336. The maximum absolute atomic E-state index is 13.2. The molecule has 1 unspecified atom stereocenters. The predicted molar refractivity (Wildman–Crippen MR) is 55.4 cm³/mol. The third-order valence-corrected chi connectivity index (χ3v) is 2.23. The smallest absolute Gasteiger partial charge is 0.164 e. The Balaban J connectivity index is 2.68. The van der Waals surface area contributed by atoms with Crippen molar-refractivity contribution in [2.45, 2.75) is 25.4 Å². The number of unbranched alkanes of at least 4 members (excludes halogenated alkanes) is 1. The van der Waals surface area contributed by atoms with Crippen molar-refractivity contribution < 1.29 is 13.9 Å². The van der Waals surface area contributed by atoms with Crippen molar-refractivity contribution in [3.8, 4) is 0 Å². The number of hydrogen-bond donors (Lipinski definition) is 1. The van der Waals surface area contributed by atoms with Gasteiger partial charge in [0.15, 0.2) is 11.6 Å². The number of rotatable bonds is 5. The maximum atomic E-state index is 13.2. The van der Waals surface area contributed by atoms with Crippen LogP contribution in [-0.4, -0.2) is 5.11 Å². The van der Waals surface area contributed by atoms with E-state index >= 15 is 0 Å². The molecule has 0 heterocycles. The first kappa shape index (κ1) is 11.9. The van der Waals surface area contributed by atoms with Gasteiger partial charge in [-0.1, -0.05) is 18.2 Å². The molecule has 15 heavy (non-hydrogen) atoms. The van der Waals surface area contributed by atoms with Gasteiger partial charge in [0.25, 0.3) is 0 Å². The van der Waals surface area contributed by atoms with Crippen molar-refractivity contribution in [2.24, 2.45) is 0 Å². The van der Waals surface area contributed by atoms with Crippen molar-refractivity contribution in [2.75, 3.05) is 0 Å². The lowest BCUT2D eigenvalue weighted by Gasteiger charge is -2.11. The Hall–Kier alpha value is -1.22. The van der Waals surface area contributed by atoms with Gasteiger partial charge in [0.2, 0.25) is 0 Å². The fourth-order valence-electron chi connectivity index (χ4n) is 1.39. The molecule has 0 aromatic heterocycles. The van der Waals surface area contributed by atoms with Gasteiger partial charge in [-0.15, -0.1) is 6.58 Å². The highest BCUT2D eigenvalue weighted by molar-refractivity contribution is 5.21. The lowest BCUT2D eigenvalue weighted by molar-refractivity contribution is 0.159. The number of allylic oxidation sites excluding steroid dienone is 1. The molecular formula is C12H14F2O. The third-order valence-electron chi connectivity index (χ3n) is 2.23. The number of aliphatic hydroxyl groups is 1. The van der Waals surface area contributed by atoms with Crippen LogP contribution in [-0.2, 0) is 0 Å². The summed E-state index contributed by atoms with van der Waals surface area (Å²) in [5.41, 5.74) is 0.0269. The van der Waals surface area contributed by atoms with Crippen LogP contribution in [0.4, 0.5) is 8.78 Å². The molecular weight excluding hydrogens is 198 g/mol. The molecule has 1 nitrogen and oxygen atoms in total. The van der Waals surface area contributed by atoms with Crippen LogP contribution in [0.2, 0.25) is 0 Å². The van der Waals surface area contributed by atoms with Crippen molar-refractivity contribution in [3.05, 3.63) is 48.1 Å². The summed E-state index contributed by atoms with van der Waals surface area (Å²) in [6.45, 7) is 3.55. The summed E-state index contributed by atoms with van der Waals surface area (Å²) in [4.78, 5) is 0. The Morgan fingerprint density at radius 1 is 1.40 bits per heavy atom. The molecule has 0 aliphatic rings. The summed E-state index contributed by atoms with van der Waals surface area (Å²) >= 11 is 0. The van der Waals surface area contributed by atoms with Gasteiger partial charge in [0.05, 0.1) is 6.10 Å². The molecule has 0 saturated carbocycles. The lowest BCUT2D eigenvalue weighted by Crippen LogP contribution is -2.02. The minimum absolute atomic E-state index is 0.0269. The monoisotopic (exact) mass is 212 g/mol. The normalized spacial score (nSPS) is 12.5. The molecule has 0 amide bonds. The van der Waals surface area contributed by atoms with Gasteiger partial charge in [-0.3, -0.25) is 0 Å². The van der Waals surface area contributed by atoms with Crippen molar-refractivity contribution in [1.29, 1.82) is 0 Å². The molecule has 0 radical (unpaired) electrons. The van der Waals surface area contributed by atoms with Crippen LogP contribution in [0, 0.1) is 11.6 Å². The topological polar surface area (TPSA) is 20.2 Å². The van der Waals surface area contributed by atoms with Gasteiger partial charge in [0, 0.05) is 5.56 Å². The van der Waals surface area contributed by atoms with E-state index in [0.717, 1.165) is 12.5 Å². The molecule has 1 N–H and O–H groups in total. The lowest BCUT2D eigenvalue weighted by atomic mass is 10.0. The van der Waals surface area contributed by atoms with Crippen molar-refractivity contribution in [1.82, 2.24) is 0 Å². The van der Waals surface area contributed by atoms with Gasteiger partial charge in [-0.25, -0.2) is 8.78 Å². The molecule has 82 valence electrons. The Kier molecular flexibility index (Phi) is 4.43. The second kappa shape index (κ2) is 5.61. The zero-order valence-corrected chi connectivity index (χ0v) is 8.42. The first-order valence-electron chi connectivity index (χ1n) is 4.89. The summed E-state index contributed by atoms with van der Waals surface area (Å²) in [7, 11) is 0. The minimum Gasteiger partial charge on any atom is -0.388 e. The van der Waals surface area contributed by atoms with E-state index < -0.39 is 17.7 Å². The maximum Gasteiger partial charge on any atom is 0.164 e. The van der Waals surface area contributed by atoms with Crippen LogP contribution in [0.1, 0.15) is 30.9 Å². The molecule has 3 heteroatoms. The molecule has 1 rings (SSSR count).